The van der Waals surface area contributed by atoms with Gasteiger partial charge < -0.3 is 10.6 Å². The van der Waals surface area contributed by atoms with Crippen LogP contribution in [0.3, 0.4) is 0 Å². The lowest BCUT2D eigenvalue weighted by molar-refractivity contribution is -0.112. The van der Waals surface area contributed by atoms with Crippen molar-refractivity contribution in [2.24, 2.45) is 0 Å². The van der Waals surface area contributed by atoms with Crippen LogP contribution in [-0.2, 0) is 4.79 Å². The van der Waals surface area contributed by atoms with Crippen LogP contribution in [0.2, 0.25) is 5.02 Å². The summed E-state index contributed by atoms with van der Waals surface area (Å²) in [6.45, 7) is 3.30. The fraction of sp³-hybridized carbons (Fsp3) is 0.105. The third-order valence-corrected chi connectivity index (χ3v) is 3.96. The van der Waals surface area contributed by atoms with Crippen molar-refractivity contribution in [3.05, 3.63) is 70.4 Å². The van der Waals surface area contributed by atoms with Crippen LogP contribution in [0.25, 0.3) is 0 Å². The van der Waals surface area contributed by atoms with E-state index in [0.29, 0.717) is 22.0 Å². The van der Waals surface area contributed by atoms with Gasteiger partial charge in [-0.2, -0.15) is 5.26 Å². The zero-order valence-corrected chi connectivity index (χ0v) is 14.5. The van der Waals surface area contributed by atoms with Crippen molar-refractivity contribution in [2.45, 2.75) is 13.8 Å². The second kappa shape index (κ2) is 8.13. The number of nitrogens with one attached hydrogen (secondary N) is 2. The maximum atomic E-state index is 12.2. The minimum absolute atomic E-state index is 0.0587. The topological polar surface area (TPSA) is 82.0 Å². The summed E-state index contributed by atoms with van der Waals surface area (Å²) < 4.78 is 0. The molecule has 0 radical (unpaired) electrons. The smallest absolute Gasteiger partial charge is 0.267 e. The quantitative estimate of drug-likeness (QED) is 0.476. The van der Waals surface area contributed by atoms with Crippen LogP contribution in [0.1, 0.15) is 22.8 Å². The molecule has 0 unspecified atom stereocenters. The molecule has 0 bridgehead atoms. The first-order valence-electron chi connectivity index (χ1n) is 7.46. The number of hydrogen-bond acceptors (Lipinski definition) is 4. The summed E-state index contributed by atoms with van der Waals surface area (Å²) in [6, 6.07) is 13.6. The number of carbonyl (C=O) groups is 2. The molecule has 2 rings (SSSR count). The van der Waals surface area contributed by atoms with Crippen molar-refractivity contribution in [2.75, 3.05) is 10.6 Å². The summed E-state index contributed by atoms with van der Waals surface area (Å²) >= 11 is 6.04. The highest BCUT2D eigenvalue weighted by molar-refractivity contribution is 6.31. The first kappa shape index (κ1) is 18.2. The summed E-state index contributed by atoms with van der Waals surface area (Å²) in [5.74, 6) is -0.609. The molecule has 0 saturated heterocycles. The van der Waals surface area contributed by atoms with Crippen LogP contribution < -0.4 is 10.6 Å². The van der Waals surface area contributed by atoms with Crippen molar-refractivity contribution in [3.8, 4) is 6.07 Å². The molecule has 0 spiro atoms. The van der Waals surface area contributed by atoms with Crippen LogP contribution in [0.15, 0.2) is 54.2 Å². The molecule has 0 saturated carbocycles. The molecule has 0 aliphatic heterocycles. The molecule has 5 nitrogen and oxygen atoms in total. The summed E-state index contributed by atoms with van der Waals surface area (Å²) in [5, 5.41) is 15.3. The molecule has 2 N–H and O–H groups in total. The predicted octanol–water partition coefficient (Wildman–Crippen LogP) is 4.31. The van der Waals surface area contributed by atoms with E-state index in [9.17, 15) is 14.9 Å². The lowest BCUT2D eigenvalue weighted by Gasteiger charge is -2.08. The second-order valence-corrected chi connectivity index (χ2v) is 5.72. The van der Waals surface area contributed by atoms with E-state index in [-0.39, 0.29) is 11.4 Å². The van der Waals surface area contributed by atoms with Gasteiger partial charge in [-0.05, 0) is 55.8 Å². The highest BCUT2D eigenvalue weighted by Gasteiger charge is 2.10. The Labute approximate surface area is 150 Å². The van der Waals surface area contributed by atoms with E-state index < -0.39 is 5.91 Å². The fourth-order valence-electron chi connectivity index (χ4n) is 2.05. The zero-order chi connectivity index (χ0) is 18.4. The number of nitrogens with zero attached hydrogens (tertiary/aromatic N) is 1. The number of hydrogen-bond donors (Lipinski definition) is 2. The summed E-state index contributed by atoms with van der Waals surface area (Å²) in [5.41, 5.74) is 2.48. The number of carbonyl (C=O) groups excluding carboxylic acids is 2. The number of nitriles is 1. The molecule has 0 fully saturated rings. The van der Waals surface area contributed by atoms with E-state index in [2.05, 4.69) is 10.6 Å². The lowest BCUT2D eigenvalue weighted by atomic mass is 10.1. The van der Waals surface area contributed by atoms with E-state index in [0.717, 1.165) is 5.56 Å². The number of halogens is 1. The van der Waals surface area contributed by atoms with Gasteiger partial charge in [0.1, 0.15) is 11.6 Å². The number of amides is 1. The summed E-state index contributed by atoms with van der Waals surface area (Å²) in [6.07, 6.45) is 1.33. The third kappa shape index (κ3) is 4.69. The van der Waals surface area contributed by atoms with Gasteiger partial charge in [-0.3, -0.25) is 9.59 Å². The average Bonchev–Trinajstić information content (AvgIpc) is 2.59. The standard InChI is InChI=1S/C19H16ClN3O2/c1-12-17(20)4-3-5-18(12)22-11-15(10-21)19(25)23-16-8-6-14(7-9-16)13(2)24/h3-9,11,22H,1-2H3,(H,23,25)/b15-11-. The SMILES string of the molecule is CC(=O)c1ccc(NC(=O)/C(C#N)=C\Nc2cccc(Cl)c2C)cc1. The molecule has 2 aromatic rings. The van der Waals surface area contributed by atoms with E-state index in [1.165, 1.54) is 13.1 Å². The highest BCUT2D eigenvalue weighted by Crippen LogP contribution is 2.23. The number of Topliss-reactive ketones (excluding diaryl/α,β-unsaturated/α-hetero) is 1. The van der Waals surface area contributed by atoms with Crippen LogP contribution in [-0.4, -0.2) is 11.7 Å². The van der Waals surface area contributed by atoms with Crippen molar-refractivity contribution in [1.82, 2.24) is 0 Å². The Bertz CT molecular complexity index is 881. The van der Waals surface area contributed by atoms with E-state index >= 15 is 0 Å². The molecule has 2 aromatic carbocycles. The van der Waals surface area contributed by atoms with Gasteiger partial charge in [-0.15, -0.1) is 0 Å². The third-order valence-electron chi connectivity index (χ3n) is 3.55. The molecule has 0 heterocycles. The number of benzene rings is 2. The number of ketones is 1. The van der Waals surface area contributed by atoms with Gasteiger partial charge >= 0.3 is 0 Å². The maximum absolute atomic E-state index is 12.2. The van der Waals surface area contributed by atoms with Gasteiger partial charge in [0.15, 0.2) is 5.78 Å². The number of rotatable bonds is 5. The maximum Gasteiger partial charge on any atom is 0.267 e. The van der Waals surface area contributed by atoms with Crippen LogP contribution in [0.4, 0.5) is 11.4 Å². The minimum atomic E-state index is -0.551. The fourth-order valence-corrected chi connectivity index (χ4v) is 2.22. The van der Waals surface area contributed by atoms with Gasteiger partial charge in [0.2, 0.25) is 0 Å². The van der Waals surface area contributed by atoms with Crippen LogP contribution >= 0.6 is 11.6 Å². The largest absolute Gasteiger partial charge is 0.360 e. The van der Waals surface area contributed by atoms with E-state index in [1.54, 1.807) is 42.5 Å². The predicted molar refractivity (Wildman–Crippen MR) is 98.6 cm³/mol. The first-order chi connectivity index (χ1) is 11.9. The zero-order valence-electron chi connectivity index (χ0n) is 13.8. The minimum Gasteiger partial charge on any atom is -0.360 e. The molecule has 0 aliphatic carbocycles. The normalized spacial score (nSPS) is 10.7. The van der Waals surface area contributed by atoms with Crippen LogP contribution in [0.5, 0.6) is 0 Å². The Balaban J connectivity index is 2.11. The molecular formula is C19H16ClN3O2. The first-order valence-corrected chi connectivity index (χ1v) is 7.84. The molecule has 126 valence electrons. The van der Waals surface area contributed by atoms with Crippen molar-refractivity contribution < 1.29 is 9.59 Å². The van der Waals surface area contributed by atoms with E-state index in [4.69, 9.17) is 11.6 Å². The molecule has 1 amide bonds. The number of anilines is 2. The van der Waals surface area contributed by atoms with Gasteiger partial charge in [0.05, 0.1) is 0 Å². The summed E-state index contributed by atoms with van der Waals surface area (Å²) in [7, 11) is 0. The molecule has 25 heavy (non-hydrogen) atoms. The van der Waals surface area contributed by atoms with Crippen LogP contribution in [0, 0.1) is 18.3 Å². The lowest BCUT2D eigenvalue weighted by Crippen LogP contribution is -2.14. The van der Waals surface area contributed by atoms with Crippen molar-refractivity contribution in [1.29, 1.82) is 5.26 Å². The van der Waals surface area contributed by atoms with Gasteiger partial charge in [-0.1, -0.05) is 17.7 Å². The Hall–Kier alpha value is -3.10. The van der Waals surface area contributed by atoms with Crippen molar-refractivity contribution in [3.63, 3.8) is 0 Å². The Morgan fingerprint density at radius 3 is 2.44 bits per heavy atom. The van der Waals surface area contributed by atoms with Gasteiger partial charge in [0.25, 0.3) is 5.91 Å². The molecule has 0 aliphatic rings. The monoisotopic (exact) mass is 353 g/mol. The Morgan fingerprint density at radius 1 is 1.16 bits per heavy atom. The van der Waals surface area contributed by atoms with Gasteiger partial charge in [0, 0.05) is 28.2 Å². The average molecular weight is 354 g/mol. The second-order valence-electron chi connectivity index (χ2n) is 5.31. The molecule has 6 heteroatoms. The molecule has 0 aromatic heterocycles. The van der Waals surface area contributed by atoms with Crippen molar-refractivity contribution >= 4 is 34.7 Å². The highest BCUT2D eigenvalue weighted by atomic mass is 35.5. The van der Waals surface area contributed by atoms with E-state index in [1.807, 2.05) is 13.0 Å². The van der Waals surface area contributed by atoms with Gasteiger partial charge in [-0.25, -0.2) is 0 Å². The Kier molecular flexibility index (Phi) is 5.93. The molecule has 0 atom stereocenters. The molecular weight excluding hydrogens is 338 g/mol. The summed E-state index contributed by atoms with van der Waals surface area (Å²) in [4.78, 5) is 23.4. The Morgan fingerprint density at radius 2 is 1.84 bits per heavy atom.